The Balaban J connectivity index is 2.32. The van der Waals surface area contributed by atoms with Crippen molar-refractivity contribution in [3.63, 3.8) is 0 Å². The summed E-state index contributed by atoms with van der Waals surface area (Å²) in [5.74, 6) is 0. The third-order valence-electron chi connectivity index (χ3n) is 1.98. The highest BCUT2D eigenvalue weighted by atomic mass is 32.2. The first-order chi connectivity index (χ1) is 7.29. The number of allylic oxidation sites excluding steroid dienone is 2. The molecule has 4 nitrogen and oxygen atoms in total. The lowest BCUT2D eigenvalue weighted by atomic mass is 10.1. The Morgan fingerprint density at radius 3 is 3.13 bits per heavy atom. The molecule has 0 aromatic carbocycles. The molecule has 0 amide bonds. The van der Waals surface area contributed by atoms with Crippen LogP contribution in [0.4, 0.5) is 0 Å². The lowest BCUT2D eigenvalue weighted by Crippen LogP contribution is -2.23. The van der Waals surface area contributed by atoms with Crippen molar-refractivity contribution in [2.75, 3.05) is 6.26 Å². The van der Waals surface area contributed by atoms with E-state index >= 15 is 0 Å². The maximum Gasteiger partial charge on any atom is 0.187 e. The molecule has 78 valence electrons. The largest absolute Gasteiger partial charge is 0.370 e. The highest BCUT2D eigenvalue weighted by Crippen LogP contribution is 2.18. The number of aromatic nitrogens is 2. The molecule has 1 aromatic rings. The molecule has 0 aliphatic carbocycles. The van der Waals surface area contributed by atoms with Gasteiger partial charge in [-0.1, -0.05) is 11.8 Å². The third kappa shape index (κ3) is 2.37. The van der Waals surface area contributed by atoms with Gasteiger partial charge in [-0.15, -0.1) is 0 Å². The molecule has 2 N–H and O–H groups in total. The number of aliphatic hydroxyl groups is 1. The molecule has 1 aliphatic rings. The minimum atomic E-state index is -0.641. The number of dihydropyridines is 1. The highest BCUT2D eigenvalue weighted by Gasteiger charge is 2.08. The normalized spacial score (nSPS) is 19.6. The molecule has 2 heterocycles. The van der Waals surface area contributed by atoms with E-state index in [4.69, 9.17) is 0 Å². The monoisotopic (exact) mass is 221 g/mol. The van der Waals surface area contributed by atoms with Gasteiger partial charge in [0.25, 0.3) is 0 Å². The van der Waals surface area contributed by atoms with Gasteiger partial charge in [-0.05, 0) is 30.7 Å². The molecule has 1 unspecified atom stereocenters. The standard InChI is InChI=1S/C10H11N3OS/c1-15-10-12-5-3-8(13-10)7-2-4-11-9(14)6-7/h2-6,9,11,14H,1H3. The summed E-state index contributed by atoms with van der Waals surface area (Å²) in [6, 6.07) is 1.83. The Morgan fingerprint density at radius 1 is 1.53 bits per heavy atom. The van der Waals surface area contributed by atoms with Crippen LogP contribution in [0.25, 0.3) is 5.57 Å². The van der Waals surface area contributed by atoms with Crippen LogP contribution in [-0.2, 0) is 0 Å². The number of nitrogens with one attached hydrogen (secondary N) is 1. The van der Waals surface area contributed by atoms with Gasteiger partial charge in [0.2, 0.25) is 0 Å². The summed E-state index contributed by atoms with van der Waals surface area (Å²) in [4.78, 5) is 8.44. The molecule has 15 heavy (non-hydrogen) atoms. The summed E-state index contributed by atoms with van der Waals surface area (Å²) in [6.45, 7) is 0. The lowest BCUT2D eigenvalue weighted by molar-refractivity contribution is 0.201. The first kappa shape index (κ1) is 10.2. The predicted octanol–water partition coefficient (Wildman–Crippen LogP) is 1.02. The van der Waals surface area contributed by atoms with Crippen LogP contribution in [0, 0.1) is 0 Å². The average Bonchev–Trinajstić information content (AvgIpc) is 2.29. The van der Waals surface area contributed by atoms with Gasteiger partial charge in [0.1, 0.15) is 6.23 Å². The summed E-state index contributed by atoms with van der Waals surface area (Å²) in [5.41, 5.74) is 1.73. The smallest absolute Gasteiger partial charge is 0.187 e. The molecule has 1 aliphatic heterocycles. The second-order valence-electron chi connectivity index (χ2n) is 3.00. The molecule has 0 fully saturated rings. The minimum Gasteiger partial charge on any atom is -0.370 e. The van der Waals surface area contributed by atoms with Gasteiger partial charge in [0, 0.05) is 11.8 Å². The maximum atomic E-state index is 9.38. The molecular weight excluding hydrogens is 210 g/mol. The Labute approximate surface area is 92.1 Å². The predicted molar refractivity (Wildman–Crippen MR) is 60.1 cm³/mol. The van der Waals surface area contributed by atoms with Crippen molar-refractivity contribution in [1.29, 1.82) is 0 Å². The highest BCUT2D eigenvalue weighted by molar-refractivity contribution is 7.98. The quantitative estimate of drug-likeness (QED) is 0.577. The minimum absolute atomic E-state index is 0.641. The van der Waals surface area contributed by atoms with Crippen LogP contribution in [0.5, 0.6) is 0 Å². The zero-order chi connectivity index (χ0) is 10.7. The summed E-state index contributed by atoms with van der Waals surface area (Å²) < 4.78 is 0. The topological polar surface area (TPSA) is 58.0 Å². The van der Waals surface area contributed by atoms with Gasteiger partial charge in [0.15, 0.2) is 5.16 Å². The Bertz CT molecular complexity index is 417. The van der Waals surface area contributed by atoms with Crippen molar-refractivity contribution >= 4 is 17.3 Å². The van der Waals surface area contributed by atoms with Gasteiger partial charge in [-0.25, -0.2) is 9.97 Å². The van der Waals surface area contributed by atoms with Crippen molar-refractivity contribution < 1.29 is 5.11 Å². The van der Waals surface area contributed by atoms with Crippen LogP contribution in [-0.4, -0.2) is 27.6 Å². The van der Waals surface area contributed by atoms with E-state index in [1.807, 2.05) is 18.4 Å². The van der Waals surface area contributed by atoms with Crippen LogP contribution in [0.3, 0.4) is 0 Å². The molecule has 0 bridgehead atoms. The maximum absolute atomic E-state index is 9.38. The van der Waals surface area contributed by atoms with E-state index < -0.39 is 6.23 Å². The number of hydrogen-bond donors (Lipinski definition) is 2. The van der Waals surface area contributed by atoms with Gasteiger partial charge >= 0.3 is 0 Å². The van der Waals surface area contributed by atoms with Crippen LogP contribution in [0.2, 0.25) is 0 Å². The Kier molecular flexibility index (Phi) is 3.03. The van der Waals surface area contributed by atoms with Crippen molar-refractivity contribution in [3.8, 4) is 0 Å². The summed E-state index contributed by atoms with van der Waals surface area (Å²) in [7, 11) is 0. The first-order valence-corrected chi connectivity index (χ1v) is 5.72. The molecule has 0 spiro atoms. The molecule has 5 heteroatoms. The Morgan fingerprint density at radius 2 is 2.40 bits per heavy atom. The van der Waals surface area contributed by atoms with E-state index in [0.717, 1.165) is 16.4 Å². The fourth-order valence-electron chi connectivity index (χ4n) is 1.28. The van der Waals surface area contributed by atoms with Gasteiger partial charge in [-0.3, -0.25) is 0 Å². The molecule has 1 aromatic heterocycles. The van der Waals surface area contributed by atoms with Gasteiger partial charge in [0.05, 0.1) is 5.69 Å². The van der Waals surface area contributed by atoms with Crippen LogP contribution >= 0.6 is 11.8 Å². The lowest BCUT2D eigenvalue weighted by Gasteiger charge is -2.13. The second kappa shape index (κ2) is 4.46. The van der Waals surface area contributed by atoms with E-state index in [0.29, 0.717) is 0 Å². The van der Waals surface area contributed by atoms with E-state index in [2.05, 4.69) is 15.3 Å². The molecular formula is C10H11N3OS. The number of nitrogens with zero attached hydrogens (tertiary/aromatic N) is 2. The van der Waals surface area contributed by atoms with Crippen molar-refractivity contribution in [1.82, 2.24) is 15.3 Å². The van der Waals surface area contributed by atoms with Crippen LogP contribution in [0.1, 0.15) is 5.69 Å². The van der Waals surface area contributed by atoms with Crippen LogP contribution in [0.15, 0.2) is 35.8 Å². The fraction of sp³-hybridized carbons (Fsp3) is 0.200. The Hall–Kier alpha value is -1.33. The summed E-state index contributed by atoms with van der Waals surface area (Å²) in [5, 5.41) is 12.9. The number of hydrogen-bond acceptors (Lipinski definition) is 5. The van der Waals surface area contributed by atoms with E-state index in [1.165, 1.54) is 11.8 Å². The molecule has 0 saturated carbocycles. The summed E-state index contributed by atoms with van der Waals surface area (Å²) in [6.07, 6.45) is 8.31. The van der Waals surface area contributed by atoms with E-state index in [1.54, 1.807) is 18.5 Å². The van der Waals surface area contributed by atoms with Crippen LogP contribution < -0.4 is 5.32 Å². The third-order valence-corrected chi connectivity index (χ3v) is 2.54. The number of thioether (sulfide) groups is 1. The molecule has 2 rings (SSSR count). The first-order valence-electron chi connectivity index (χ1n) is 4.49. The number of rotatable bonds is 2. The zero-order valence-electron chi connectivity index (χ0n) is 8.21. The zero-order valence-corrected chi connectivity index (χ0v) is 9.03. The fourth-order valence-corrected chi connectivity index (χ4v) is 1.64. The van der Waals surface area contributed by atoms with Gasteiger partial charge < -0.3 is 10.4 Å². The molecule has 0 radical (unpaired) electrons. The molecule has 1 atom stereocenters. The van der Waals surface area contributed by atoms with E-state index in [9.17, 15) is 5.11 Å². The second-order valence-corrected chi connectivity index (χ2v) is 3.77. The van der Waals surface area contributed by atoms with Crippen molar-refractivity contribution in [2.45, 2.75) is 11.4 Å². The summed E-state index contributed by atoms with van der Waals surface area (Å²) >= 11 is 1.50. The average molecular weight is 221 g/mol. The van der Waals surface area contributed by atoms with E-state index in [-0.39, 0.29) is 0 Å². The molecule has 0 saturated heterocycles. The number of aliphatic hydroxyl groups excluding tert-OH is 1. The van der Waals surface area contributed by atoms with Crippen molar-refractivity contribution in [3.05, 3.63) is 36.3 Å². The van der Waals surface area contributed by atoms with Crippen molar-refractivity contribution in [2.24, 2.45) is 0 Å². The SMILES string of the molecule is CSc1nccc(C2=CC(O)NC=C2)n1. The van der Waals surface area contributed by atoms with Gasteiger partial charge in [-0.2, -0.15) is 0 Å².